The van der Waals surface area contributed by atoms with Crippen LogP contribution in [0.4, 0.5) is 0 Å². The lowest BCUT2D eigenvalue weighted by atomic mass is 10.1. The molecule has 0 atom stereocenters. The largest absolute Gasteiger partial charge is 0.391 e. The molecular formula is C14H32NO2+. The van der Waals surface area contributed by atoms with Crippen LogP contribution in [0, 0.1) is 0 Å². The Bertz CT molecular complexity index is 144. The molecule has 0 aromatic rings. The summed E-state index contributed by atoms with van der Waals surface area (Å²) < 4.78 is 0.910. The van der Waals surface area contributed by atoms with Crippen LogP contribution >= 0.6 is 0 Å². The third kappa shape index (κ3) is 7.74. The molecule has 0 aromatic carbocycles. The van der Waals surface area contributed by atoms with Crippen molar-refractivity contribution in [3.05, 3.63) is 0 Å². The lowest BCUT2D eigenvalue weighted by Crippen LogP contribution is -2.52. The van der Waals surface area contributed by atoms with E-state index >= 15 is 0 Å². The highest BCUT2D eigenvalue weighted by molar-refractivity contribution is 4.48. The predicted molar refractivity (Wildman–Crippen MR) is 73.0 cm³/mol. The SMILES string of the molecule is CCCCC[N+](CCO)(CCO)CCCCC. The summed E-state index contributed by atoms with van der Waals surface area (Å²) in [5.74, 6) is 0. The summed E-state index contributed by atoms with van der Waals surface area (Å²) in [5.41, 5.74) is 0. The van der Waals surface area contributed by atoms with Gasteiger partial charge >= 0.3 is 0 Å². The number of nitrogens with zero attached hydrogens (tertiary/aromatic N) is 1. The normalized spacial score (nSPS) is 12.0. The maximum atomic E-state index is 9.24. The van der Waals surface area contributed by atoms with E-state index in [1.807, 2.05) is 0 Å². The van der Waals surface area contributed by atoms with E-state index < -0.39 is 0 Å². The first kappa shape index (κ1) is 16.9. The molecule has 0 aromatic heterocycles. The van der Waals surface area contributed by atoms with E-state index in [-0.39, 0.29) is 13.2 Å². The summed E-state index contributed by atoms with van der Waals surface area (Å²) in [6.45, 7) is 8.71. The van der Waals surface area contributed by atoms with Crippen LogP contribution in [0.3, 0.4) is 0 Å². The van der Waals surface area contributed by atoms with E-state index in [9.17, 15) is 10.2 Å². The quantitative estimate of drug-likeness (QED) is 0.409. The van der Waals surface area contributed by atoms with Crippen molar-refractivity contribution in [2.75, 3.05) is 39.4 Å². The van der Waals surface area contributed by atoms with Gasteiger partial charge in [-0.2, -0.15) is 0 Å². The molecule has 17 heavy (non-hydrogen) atoms. The molecule has 0 aliphatic heterocycles. The number of hydrogen-bond acceptors (Lipinski definition) is 2. The van der Waals surface area contributed by atoms with Crippen molar-refractivity contribution in [1.29, 1.82) is 0 Å². The van der Waals surface area contributed by atoms with Gasteiger partial charge in [0.15, 0.2) is 0 Å². The van der Waals surface area contributed by atoms with E-state index in [1.54, 1.807) is 0 Å². The first-order valence-electron chi connectivity index (χ1n) is 7.31. The number of hydrogen-bond donors (Lipinski definition) is 2. The van der Waals surface area contributed by atoms with Gasteiger partial charge in [-0.15, -0.1) is 0 Å². The van der Waals surface area contributed by atoms with Crippen molar-refractivity contribution in [3.63, 3.8) is 0 Å². The Kier molecular flexibility index (Phi) is 10.9. The smallest absolute Gasteiger partial charge is 0.102 e. The van der Waals surface area contributed by atoms with Gasteiger partial charge in [-0.25, -0.2) is 0 Å². The monoisotopic (exact) mass is 246 g/mol. The van der Waals surface area contributed by atoms with Gasteiger partial charge in [0, 0.05) is 0 Å². The lowest BCUT2D eigenvalue weighted by molar-refractivity contribution is -0.929. The predicted octanol–water partition coefficient (Wildman–Crippen LogP) is 2.17. The van der Waals surface area contributed by atoms with Crippen LogP contribution in [-0.4, -0.2) is 54.1 Å². The molecule has 0 bridgehead atoms. The number of aliphatic hydroxyl groups excluding tert-OH is 2. The standard InChI is InChI=1S/C14H32NO2/c1-3-5-7-9-15(11-13-16,12-14-17)10-8-6-4-2/h16-17H,3-14H2,1-2H3/q+1. The van der Waals surface area contributed by atoms with Gasteiger partial charge in [0.1, 0.15) is 13.1 Å². The average Bonchev–Trinajstić information content (AvgIpc) is 2.30. The summed E-state index contributed by atoms with van der Waals surface area (Å²) in [4.78, 5) is 0. The Morgan fingerprint density at radius 2 is 1.06 bits per heavy atom. The van der Waals surface area contributed by atoms with Crippen LogP contribution in [-0.2, 0) is 0 Å². The van der Waals surface area contributed by atoms with E-state index in [1.165, 1.54) is 38.5 Å². The van der Waals surface area contributed by atoms with Crippen LogP contribution in [0.1, 0.15) is 52.4 Å². The van der Waals surface area contributed by atoms with Gasteiger partial charge in [0.2, 0.25) is 0 Å². The van der Waals surface area contributed by atoms with E-state index in [2.05, 4.69) is 13.8 Å². The van der Waals surface area contributed by atoms with Crippen molar-refractivity contribution < 1.29 is 14.7 Å². The summed E-state index contributed by atoms with van der Waals surface area (Å²) in [6.07, 6.45) is 7.39. The number of unbranched alkanes of at least 4 members (excludes halogenated alkanes) is 4. The van der Waals surface area contributed by atoms with Gasteiger partial charge in [-0.1, -0.05) is 26.7 Å². The van der Waals surface area contributed by atoms with Crippen LogP contribution in [0.5, 0.6) is 0 Å². The molecule has 3 heteroatoms. The molecule has 0 aliphatic carbocycles. The molecule has 0 rings (SSSR count). The number of quaternary nitrogens is 1. The molecular weight excluding hydrogens is 214 g/mol. The average molecular weight is 246 g/mol. The molecule has 0 unspecified atom stereocenters. The Labute approximate surface area is 107 Å². The molecule has 2 N–H and O–H groups in total. The van der Waals surface area contributed by atoms with Gasteiger partial charge in [0.25, 0.3) is 0 Å². The zero-order valence-electron chi connectivity index (χ0n) is 11.8. The van der Waals surface area contributed by atoms with Crippen molar-refractivity contribution >= 4 is 0 Å². The Morgan fingerprint density at radius 1 is 0.647 bits per heavy atom. The number of rotatable bonds is 12. The lowest BCUT2D eigenvalue weighted by Gasteiger charge is -2.38. The van der Waals surface area contributed by atoms with Gasteiger partial charge < -0.3 is 14.7 Å². The Hall–Kier alpha value is -0.120. The first-order chi connectivity index (χ1) is 8.24. The molecule has 0 amide bonds. The molecule has 0 spiro atoms. The summed E-state index contributed by atoms with van der Waals surface area (Å²) in [5, 5.41) is 18.5. The zero-order chi connectivity index (χ0) is 13.0. The molecule has 0 aliphatic rings. The van der Waals surface area contributed by atoms with E-state index in [0.29, 0.717) is 0 Å². The first-order valence-corrected chi connectivity index (χ1v) is 7.31. The second-order valence-electron chi connectivity index (χ2n) is 5.10. The highest BCUT2D eigenvalue weighted by atomic mass is 16.3. The highest BCUT2D eigenvalue weighted by Gasteiger charge is 2.25. The second kappa shape index (κ2) is 11.0. The molecule has 0 saturated heterocycles. The van der Waals surface area contributed by atoms with Crippen molar-refractivity contribution in [2.45, 2.75) is 52.4 Å². The fourth-order valence-corrected chi connectivity index (χ4v) is 2.49. The Balaban J connectivity index is 4.25. The summed E-state index contributed by atoms with van der Waals surface area (Å²) in [7, 11) is 0. The topological polar surface area (TPSA) is 40.5 Å². The van der Waals surface area contributed by atoms with Crippen molar-refractivity contribution in [2.24, 2.45) is 0 Å². The molecule has 104 valence electrons. The second-order valence-corrected chi connectivity index (χ2v) is 5.10. The minimum atomic E-state index is 0.234. The van der Waals surface area contributed by atoms with Crippen LogP contribution in [0.15, 0.2) is 0 Å². The maximum absolute atomic E-state index is 9.24. The summed E-state index contributed by atoms with van der Waals surface area (Å²) >= 11 is 0. The van der Waals surface area contributed by atoms with E-state index in [4.69, 9.17) is 0 Å². The highest BCUT2D eigenvalue weighted by Crippen LogP contribution is 2.13. The van der Waals surface area contributed by atoms with E-state index in [0.717, 1.165) is 30.7 Å². The maximum Gasteiger partial charge on any atom is 0.102 e. The van der Waals surface area contributed by atoms with Gasteiger partial charge in [0.05, 0.1) is 26.3 Å². The number of aliphatic hydroxyl groups is 2. The minimum Gasteiger partial charge on any atom is -0.391 e. The van der Waals surface area contributed by atoms with Gasteiger partial charge in [-0.05, 0) is 25.7 Å². The molecule has 0 saturated carbocycles. The van der Waals surface area contributed by atoms with Gasteiger partial charge in [-0.3, -0.25) is 0 Å². The molecule has 3 nitrogen and oxygen atoms in total. The summed E-state index contributed by atoms with van der Waals surface area (Å²) in [6, 6.07) is 0. The minimum absolute atomic E-state index is 0.234. The van der Waals surface area contributed by atoms with Crippen LogP contribution in [0.2, 0.25) is 0 Å². The zero-order valence-corrected chi connectivity index (χ0v) is 11.8. The van der Waals surface area contributed by atoms with Crippen molar-refractivity contribution in [1.82, 2.24) is 0 Å². The van der Waals surface area contributed by atoms with Crippen LogP contribution in [0.25, 0.3) is 0 Å². The third-order valence-electron chi connectivity index (χ3n) is 3.62. The molecule has 0 radical (unpaired) electrons. The van der Waals surface area contributed by atoms with Crippen molar-refractivity contribution in [3.8, 4) is 0 Å². The molecule has 0 fully saturated rings. The molecule has 0 heterocycles. The Morgan fingerprint density at radius 3 is 1.35 bits per heavy atom. The fourth-order valence-electron chi connectivity index (χ4n) is 2.49. The van der Waals surface area contributed by atoms with Crippen LogP contribution < -0.4 is 0 Å². The third-order valence-corrected chi connectivity index (χ3v) is 3.62. The fraction of sp³-hybridized carbons (Fsp3) is 1.00.